The second-order valence-corrected chi connectivity index (χ2v) is 6.98. The summed E-state index contributed by atoms with van der Waals surface area (Å²) in [5.41, 5.74) is 3.86. The highest BCUT2D eigenvalue weighted by Crippen LogP contribution is 2.36. The zero-order valence-electron chi connectivity index (χ0n) is 14.7. The molecular weight excluding hydrogens is 330 g/mol. The molecule has 0 radical (unpaired) electrons. The van der Waals surface area contributed by atoms with Crippen LogP contribution in [-0.4, -0.2) is 24.0 Å². The number of anilines is 1. The minimum atomic E-state index is -0.812. The summed E-state index contributed by atoms with van der Waals surface area (Å²) in [7, 11) is 0. The largest absolute Gasteiger partial charge is 0.507 e. The number of carbonyl (C=O) groups excluding carboxylic acids is 1. The van der Waals surface area contributed by atoms with E-state index in [1.165, 1.54) is 29.0 Å². The molecule has 0 fully saturated rings. The quantitative estimate of drug-likeness (QED) is 0.679. The Labute approximate surface area is 151 Å². The van der Waals surface area contributed by atoms with E-state index >= 15 is 0 Å². The van der Waals surface area contributed by atoms with E-state index in [2.05, 4.69) is 17.0 Å². The van der Waals surface area contributed by atoms with Crippen LogP contribution < -0.4 is 10.5 Å². The fraction of sp³-hybridized carbons (Fsp3) is 0.333. The molecule has 5 heteroatoms. The third-order valence-electron chi connectivity index (χ3n) is 5.08. The zero-order chi connectivity index (χ0) is 18.3. The molecule has 26 heavy (non-hydrogen) atoms. The summed E-state index contributed by atoms with van der Waals surface area (Å²) in [6.07, 6.45) is 7.45. The van der Waals surface area contributed by atoms with Gasteiger partial charge in [0.1, 0.15) is 17.1 Å². The lowest BCUT2D eigenvalue weighted by Crippen LogP contribution is -2.34. The summed E-state index contributed by atoms with van der Waals surface area (Å²) in [6.45, 7) is 3.79. The first-order chi connectivity index (χ1) is 12.5. The normalized spacial score (nSPS) is 16.0. The molecule has 0 aliphatic carbocycles. The number of hydrogen-bond donors (Lipinski definition) is 1. The van der Waals surface area contributed by atoms with Crippen molar-refractivity contribution in [2.45, 2.75) is 32.6 Å². The fourth-order valence-electron chi connectivity index (χ4n) is 4.00. The van der Waals surface area contributed by atoms with Gasteiger partial charge in [-0.25, -0.2) is 4.79 Å². The Bertz CT molecular complexity index is 939. The van der Waals surface area contributed by atoms with Crippen LogP contribution in [0.25, 0.3) is 6.08 Å². The molecule has 2 aromatic rings. The molecule has 0 bridgehead atoms. The van der Waals surface area contributed by atoms with Gasteiger partial charge in [-0.2, -0.15) is 0 Å². The topological polar surface area (TPSA) is 70.8 Å². The van der Waals surface area contributed by atoms with Crippen LogP contribution in [0.3, 0.4) is 0 Å². The molecule has 0 unspecified atom stereocenters. The van der Waals surface area contributed by atoms with Crippen LogP contribution in [-0.2, 0) is 12.8 Å². The van der Waals surface area contributed by atoms with E-state index in [1.54, 1.807) is 13.0 Å². The van der Waals surface area contributed by atoms with Crippen LogP contribution in [0.1, 0.15) is 45.7 Å². The van der Waals surface area contributed by atoms with Gasteiger partial charge in [0.2, 0.25) is 0 Å². The van der Waals surface area contributed by atoms with E-state index in [-0.39, 0.29) is 17.1 Å². The molecule has 2 aliphatic heterocycles. The lowest BCUT2D eigenvalue weighted by atomic mass is 9.90. The van der Waals surface area contributed by atoms with E-state index in [4.69, 9.17) is 4.42 Å². The molecule has 0 amide bonds. The number of benzene rings is 1. The van der Waals surface area contributed by atoms with Crippen molar-refractivity contribution in [1.82, 2.24) is 0 Å². The Morgan fingerprint density at radius 2 is 1.81 bits per heavy atom. The van der Waals surface area contributed by atoms with Gasteiger partial charge in [0.05, 0.1) is 0 Å². The average Bonchev–Trinajstić information content (AvgIpc) is 2.59. The van der Waals surface area contributed by atoms with Crippen molar-refractivity contribution in [3.8, 4) is 5.75 Å². The summed E-state index contributed by atoms with van der Waals surface area (Å²) in [4.78, 5) is 26.7. The van der Waals surface area contributed by atoms with E-state index in [1.807, 2.05) is 0 Å². The summed E-state index contributed by atoms with van der Waals surface area (Å²) < 4.78 is 4.92. The Hall–Kier alpha value is -2.82. The maximum Gasteiger partial charge on any atom is 0.351 e. The number of nitrogens with zero attached hydrogens (tertiary/aromatic N) is 1. The average molecular weight is 351 g/mol. The van der Waals surface area contributed by atoms with E-state index in [0.29, 0.717) is 0 Å². The molecule has 4 rings (SSSR count). The third kappa shape index (κ3) is 2.94. The lowest BCUT2D eigenvalue weighted by Gasteiger charge is -2.37. The maximum absolute atomic E-state index is 12.4. The fourth-order valence-corrected chi connectivity index (χ4v) is 4.00. The van der Waals surface area contributed by atoms with Crippen LogP contribution in [0.2, 0.25) is 0 Å². The summed E-state index contributed by atoms with van der Waals surface area (Å²) in [6, 6.07) is 5.52. The van der Waals surface area contributed by atoms with Crippen LogP contribution in [0.5, 0.6) is 5.75 Å². The number of carbonyl (C=O) groups is 1. The van der Waals surface area contributed by atoms with Crippen molar-refractivity contribution in [3.05, 3.63) is 62.7 Å². The second-order valence-electron chi connectivity index (χ2n) is 6.98. The van der Waals surface area contributed by atoms with Gasteiger partial charge in [-0.05, 0) is 67.5 Å². The molecule has 0 saturated heterocycles. The van der Waals surface area contributed by atoms with Crippen molar-refractivity contribution >= 4 is 17.5 Å². The molecule has 134 valence electrons. The van der Waals surface area contributed by atoms with Gasteiger partial charge in [0.25, 0.3) is 0 Å². The molecule has 0 spiro atoms. The van der Waals surface area contributed by atoms with Gasteiger partial charge in [-0.15, -0.1) is 0 Å². The molecule has 5 nitrogen and oxygen atoms in total. The standard InChI is InChI=1S/C21H21NO4/c1-13-10-18(24)19(21(25)26-13)17(23)7-6-14-11-15-4-2-8-22-9-3-5-16(12-14)20(15)22/h6-7,10-12,24H,2-5,8-9H2,1H3. The molecule has 0 atom stereocenters. The Kier molecular flexibility index (Phi) is 4.15. The van der Waals surface area contributed by atoms with Gasteiger partial charge in [-0.1, -0.05) is 6.08 Å². The minimum absolute atomic E-state index is 0.270. The van der Waals surface area contributed by atoms with Crippen molar-refractivity contribution in [1.29, 1.82) is 0 Å². The van der Waals surface area contributed by atoms with Crippen molar-refractivity contribution in [2.75, 3.05) is 18.0 Å². The van der Waals surface area contributed by atoms with Crippen LogP contribution >= 0.6 is 0 Å². The van der Waals surface area contributed by atoms with Gasteiger partial charge < -0.3 is 14.4 Å². The van der Waals surface area contributed by atoms with Crippen LogP contribution in [0.4, 0.5) is 5.69 Å². The number of aromatic hydroxyl groups is 1. The number of aryl methyl sites for hydroxylation is 3. The minimum Gasteiger partial charge on any atom is -0.507 e. The third-order valence-corrected chi connectivity index (χ3v) is 5.08. The zero-order valence-corrected chi connectivity index (χ0v) is 14.7. The first-order valence-electron chi connectivity index (χ1n) is 9.00. The van der Waals surface area contributed by atoms with Crippen molar-refractivity contribution < 1.29 is 14.3 Å². The number of rotatable bonds is 3. The maximum atomic E-state index is 12.4. The number of allylic oxidation sites excluding steroid dienone is 1. The Balaban J connectivity index is 1.66. The molecule has 1 N–H and O–H groups in total. The van der Waals surface area contributed by atoms with Gasteiger partial charge in [0.15, 0.2) is 5.78 Å². The van der Waals surface area contributed by atoms with E-state index < -0.39 is 11.4 Å². The van der Waals surface area contributed by atoms with Crippen molar-refractivity contribution in [3.63, 3.8) is 0 Å². The van der Waals surface area contributed by atoms with Gasteiger partial charge >= 0.3 is 5.63 Å². The van der Waals surface area contributed by atoms with Crippen LogP contribution in [0.15, 0.2) is 33.5 Å². The highest BCUT2D eigenvalue weighted by atomic mass is 16.4. The SMILES string of the molecule is Cc1cc(O)c(C(=O)C=Cc2cc3c4c(c2)CCCN4CCC3)c(=O)o1. The smallest absolute Gasteiger partial charge is 0.351 e. The monoisotopic (exact) mass is 351 g/mol. The predicted molar refractivity (Wildman–Crippen MR) is 100 cm³/mol. The van der Waals surface area contributed by atoms with Crippen molar-refractivity contribution in [2.24, 2.45) is 0 Å². The molecule has 3 heterocycles. The lowest BCUT2D eigenvalue weighted by molar-refractivity contribution is 0.104. The molecule has 1 aromatic carbocycles. The van der Waals surface area contributed by atoms with E-state index in [0.717, 1.165) is 44.3 Å². The summed E-state index contributed by atoms with van der Waals surface area (Å²) >= 11 is 0. The molecule has 2 aliphatic rings. The van der Waals surface area contributed by atoms with E-state index in [9.17, 15) is 14.7 Å². The molecule has 1 aromatic heterocycles. The Morgan fingerprint density at radius 1 is 1.15 bits per heavy atom. The number of ketones is 1. The highest BCUT2D eigenvalue weighted by Gasteiger charge is 2.24. The number of hydrogen-bond acceptors (Lipinski definition) is 5. The summed E-state index contributed by atoms with van der Waals surface area (Å²) in [5, 5.41) is 9.90. The molecule has 0 saturated carbocycles. The first kappa shape index (κ1) is 16.6. The molecular formula is C21H21NO4. The van der Waals surface area contributed by atoms with Gasteiger partial charge in [-0.3, -0.25) is 4.79 Å². The second kappa shape index (κ2) is 6.48. The highest BCUT2D eigenvalue weighted by molar-refractivity contribution is 6.08. The summed E-state index contributed by atoms with van der Waals surface area (Å²) in [5.74, 6) is -0.625. The predicted octanol–water partition coefficient (Wildman–Crippen LogP) is 3.25. The van der Waals surface area contributed by atoms with Gasteiger partial charge in [0, 0.05) is 24.8 Å². The van der Waals surface area contributed by atoms with Crippen LogP contribution in [0, 0.1) is 6.92 Å². The Morgan fingerprint density at radius 3 is 2.42 bits per heavy atom. The first-order valence-corrected chi connectivity index (χ1v) is 9.00.